The molecule has 0 amide bonds. The van der Waals surface area contributed by atoms with Gasteiger partial charge in [-0.1, -0.05) is 0 Å². The minimum Gasteiger partial charge on any atom is -0.267 e. The van der Waals surface area contributed by atoms with Crippen molar-refractivity contribution < 1.29 is 8.42 Å². The molecule has 0 unspecified atom stereocenters. The normalized spacial score (nSPS) is 15.6. The molecule has 1 aliphatic carbocycles. The molecule has 0 atom stereocenters. The first-order chi connectivity index (χ1) is 8.65. The maximum atomic E-state index is 11.8. The minimum absolute atomic E-state index is 0.266. The number of sulfonamides is 1. The van der Waals surface area contributed by atoms with Crippen LogP contribution < -0.4 is 4.72 Å². The van der Waals surface area contributed by atoms with E-state index >= 15 is 0 Å². The van der Waals surface area contributed by atoms with Gasteiger partial charge in [0.25, 0.3) is 0 Å². The second-order valence-corrected chi connectivity index (χ2v) is 6.02. The predicted octanol–water partition coefficient (Wildman–Crippen LogP) is 0.566. The first kappa shape index (κ1) is 11.1. The first-order valence-corrected chi connectivity index (χ1v) is 7.03. The Hall–Kier alpha value is -1.96. The van der Waals surface area contributed by atoms with Gasteiger partial charge in [0, 0.05) is 18.5 Å². The predicted molar refractivity (Wildman–Crippen MR) is 64.7 cm³/mol. The third-order valence-corrected chi connectivity index (χ3v) is 4.44. The summed E-state index contributed by atoms with van der Waals surface area (Å²) in [5.74, 6) is 0.783. The van der Waals surface area contributed by atoms with Crippen LogP contribution in [-0.4, -0.2) is 33.4 Å². The molecule has 0 bridgehead atoms. The molecule has 0 aromatic carbocycles. The van der Waals surface area contributed by atoms with E-state index in [0.717, 1.165) is 0 Å². The third kappa shape index (κ3) is 2.19. The van der Waals surface area contributed by atoms with Crippen LogP contribution in [0.2, 0.25) is 0 Å². The Morgan fingerprint density at radius 3 is 2.83 bits per heavy atom. The average molecular weight is 265 g/mol. The zero-order valence-corrected chi connectivity index (χ0v) is 10.2. The van der Waals surface area contributed by atoms with Gasteiger partial charge in [0.2, 0.25) is 10.0 Å². The van der Waals surface area contributed by atoms with Crippen LogP contribution >= 0.6 is 0 Å². The second kappa shape index (κ2) is 4.05. The van der Waals surface area contributed by atoms with Crippen molar-refractivity contribution in [2.24, 2.45) is 0 Å². The van der Waals surface area contributed by atoms with E-state index in [1.54, 1.807) is 24.5 Å². The number of anilines is 1. The molecule has 3 rings (SSSR count). The molecule has 18 heavy (non-hydrogen) atoms. The van der Waals surface area contributed by atoms with E-state index in [2.05, 4.69) is 19.8 Å². The minimum atomic E-state index is -3.30. The van der Waals surface area contributed by atoms with Crippen molar-refractivity contribution in [2.75, 3.05) is 4.72 Å². The largest absolute Gasteiger partial charge is 0.267 e. The van der Waals surface area contributed by atoms with Crippen molar-refractivity contribution in [1.82, 2.24) is 19.7 Å². The molecule has 2 aromatic heterocycles. The lowest BCUT2D eigenvalue weighted by Gasteiger charge is -2.06. The quantitative estimate of drug-likeness (QED) is 0.872. The van der Waals surface area contributed by atoms with Crippen molar-refractivity contribution in [2.45, 2.75) is 18.1 Å². The van der Waals surface area contributed by atoms with E-state index in [-0.39, 0.29) is 11.1 Å². The fraction of sp³-hybridized carbons (Fsp3) is 0.300. The molecular weight excluding hydrogens is 254 g/mol. The zero-order chi connectivity index (χ0) is 12.6. The first-order valence-electron chi connectivity index (χ1n) is 5.49. The van der Waals surface area contributed by atoms with Gasteiger partial charge in [-0.05, 0) is 18.9 Å². The Kier molecular flexibility index (Phi) is 2.51. The van der Waals surface area contributed by atoms with Gasteiger partial charge in [-0.15, -0.1) is 0 Å². The van der Waals surface area contributed by atoms with Crippen LogP contribution in [0.4, 0.5) is 5.82 Å². The summed E-state index contributed by atoms with van der Waals surface area (Å²) in [6.07, 6.45) is 6.08. The fourth-order valence-electron chi connectivity index (χ4n) is 1.54. The lowest BCUT2D eigenvalue weighted by molar-refractivity contribution is 0.599. The number of nitrogens with zero attached hydrogens (tertiary/aromatic N) is 4. The maximum absolute atomic E-state index is 11.8. The molecule has 7 nitrogen and oxygen atoms in total. The Morgan fingerprint density at radius 1 is 1.33 bits per heavy atom. The van der Waals surface area contributed by atoms with Gasteiger partial charge < -0.3 is 0 Å². The highest BCUT2D eigenvalue weighted by Gasteiger charge is 2.36. The molecule has 2 heterocycles. The smallest absolute Gasteiger partial charge is 0.236 e. The summed E-state index contributed by atoms with van der Waals surface area (Å²) in [6.45, 7) is 0. The Morgan fingerprint density at radius 2 is 2.17 bits per heavy atom. The molecule has 0 saturated heterocycles. The van der Waals surface area contributed by atoms with E-state index in [1.165, 1.54) is 11.0 Å². The van der Waals surface area contributed by atoms with Crippen molar-refractivity contribution in [3.63, 3.8) is 0 Å². The summed E-state index contributed by atoms with van der Waals surface area (Å²) in [4.78, 5) is 7.93. The SMILES string of the molecule is O=S(=O)(Nc1cc(-n2cccn2)ncn1)C1CC1. The van der Waals surface area contributed by atoms with Crippen molar-refractivity contribution in [3.05, 3.63) is 30.9 Å². The maximum Gasteiger partial charge on any atom is 0.236 e. The lowest BCUT2D eigenvalue weighted by Crippen LogP contribution is -2.18. The Bertz CT molecular complexity index is 649. The number of hydrogen-bond acceptors (Lipinski definition) is 5. The van der Waals surface area contributed by atoms with Gasteiger partial charge >= 0.3 is 0 Å². The average Bonchev–Trinajstić information content (AvgIpc) is 3.06. The van der Waals surface area contributed by atoms with Crippen molar-refractivity contribution in [3.8, 4) is 5.82 Å². The molecule has 1 saturated carbocycles. The monoisotopic (exact) mass is 265 g/mol. The molecule has 1 fully saturated rings. The van der Waals surface area contributed by atoms with Crippen LogP contribution in [0.1, 0.15) is 12.8 Å². The summed E-state index contributed by atoms with van der Waals surface area (Å²) in [5.41, 5.74) is 0. The standard InChI is InChI=1S/C10H11N5O2S/c16-18(17,8-2-3-8)14-9-6-10(12-7-11-9)15-5-1-4-13-15/h1,4-8H,2-3H2,(H,11,12,14). The molecule has 8 heteroatoms. The van der Waals surface area contributed by atoms with Gasteiger partial charge in [0.1, 0.15) is 12.1 Å². The van der Waals surface area contributed by atoms with E-state index in [0.29, 0.717) is 18.7 Å². The van der Waals surface area contributed by atoms with Crippen molar-refractivity contribution in [1.29, 1.82) is 0 Å². The van der Waals surface area contributed by atoms with Crippen LogP contribution in [0, 0.1) is 0 Å². The Balaban J connectivity index is 1.87. The molecule has 0 spiro atoms. The summed E-state index contributed by atoms with van der Waals surface area (Å²) < 4.78 is 27.5. The van der Waals surface area contributed by atoms with Gasteiger partial charge in [-0.25, -0.2) is 23.1 Å². The topological polar surface area (TPSA) is 89.8 Å². The third-order valence-electron chi connectivity index (χ3n) is 2.60. The number of hydrogen-bond donors (Lipinski definition) is 1. The molecule has 94 valence electrons. The van der Waals surface area contributed by atoms with Gasteiger partial charge in [-0.3, -0.25) is 4.72 Å². The number of rotatable bonds is 4. The highest BCUT2D eigenvalue weighted by atomic mass is 32.2. The molecule has 1 aliphatic rings. The lowest BCUT2D eigenvalue weighted by atomic mass is 10.5. The molecule has 2 aromatic rings. The molecule has 1 N–H and O–H groups in total. The van der Waals surface area contributed by atoms with Crippen LogP contribution in [0.15, 0.2) is 30.9 Å². The number of nitrogens with one attached hydrogen (secondary N) is 1. The second-order valence-electron chi connectivity index (χ2n) is 4.06. The molecule has 0 aliphatic heterocycles. The van der Waals surface area contributed by atoms with E-state index in [1.807, 2.05) is 0 Å². The van der Waals surface area contributed by atoms with E-state index in [4.69, 9.17) is 0 Å². The highest BCUT2D eigenvalue weighted by Crippen LogP contribution is 2.29. The van der Waals surface area contributed by atoms with E-state index < -0.39 is 10.0 Å². The summed E-state index contributed by atoms with van der Waals surface area (Å²) >= 11 is 0. The van der Waals surface area contributed by atoms with Gasteiger partial charge in [-0.2, -0.15) is 5.10 Å². The highest BCUT2D eigenvalue weighted by molar-refractivity contribution is 7.93. The summed E-state index contributed by atoms with van der Waals surface area (Å²) in [5, 5.41) is 3.74. The van der Waals surface area contributed by atoms with Gasteiger partial charge in [0.15, 0.2) is 5.82 Å². The molecule has 0 radical (unpaired) electrons. The van der Waals surface area contributed by atoms with Crippen molar-refractivity contribution >= 4 is 15.8 Å². The van der Waals surface area contributed by atoms with Crippen LogP contribution in [0.5, 0.6) is 0 Å². The molecular formula is C10H11N5O2S. The fourth-order valence-corrected chi connectivity index (χ4v) is 2.87. The van der Waals surface area contributed by atoms with Crippen LogP contribution in [0.25, 0.3) is 5.82 Å². The summed E-state index contributed by atoms with van der Waals surface area (Å²) in [6, 6.07) is 3.31. The van der Waals surface area contributed by atoms with Gasteiger partial charge in [0.05, 0.1) is 5.25 Å². The van der Waals surface area contributed by atoms with Crippen LogP contribution in [0.3, 0.4) is 0 Å². The number of aromatic nitrogens is 4. The van der Waals surface area contributed by atoms with Crippen LogP contribution in [-0.2, 0) is 10.0 Å². The Labute approximate surface area is 104 Å². The zero-order valence-electron chi connectivity index (χ0n) is 9.39. The summed E-state index contributed by atoms with van der Waals surface area (Å²) in [7, 11) is -3.30. The van der Waals surface area contributed by atoms with E-state index in [9.17, 15) is 8.42 Å².